The summed E-state index contributed by atoms with van der Waals surface area (Å²) in [5, 5.41) is 0. The standard InChI is InChI=1S/C7H7F3O3/c8-7(9,10)3-1-2-6(12)13-5-4-11/h5H,1-3H2. The molecule has 0 unspecified atom stereocenters. The molecule has 0 bridgehead atoms. The third-order valence-corrected chi connectivity index (χ3v) is 1.08. The number of esters is 1. The van der Waals surface area contributed by atoms with Crippen molar-refractivity contribution in [3.05, 3.63) is 6.26 Å². The summed E-state index contributed by atoms with van der Waals surface area (Å²) < 4.78 is 38.7. The largest absolute Gasteiger partial charge is 0.422 e. The summed E-state index contributed by atoms with van der Waals surface area (Å²) in [6, 6.07) is 0. The molecule has 3 nitrogen and oxygen atoms in total. The summed E-state index contributed by atoms with van der Waals surface area (Å²) in [4.78, 5) is 20.0. The van der Waals surface area contributed by atoms with Gasteiger partial charge in [0.05, 0.1) is 0 Å². The van der Waals surface area contributed by atoms with Gasteiger partial charge >= 0.3 is 12.1 Å². The van der Waals surface area contributed by atoms with E-state index in [1.165, 1.54) is 0 Å². The number of carbonyl (C=O) groups excluding carboxylic acids is 2. The Balaban J connectivity index is 3.54. The molecule has 6 heteroatoms. The van der Waals surface area contributed by atoms with Gasteiger partial charge in [0, 0.05) is 12.8 Å². The minimum atomic E-state index is -4.26. The van der Waals surface area contributed by atoms with Gasteiger partial charge in [0.15, 0.2) is 12.2 Å². The van der Waals surface area contributed by atoms with Crippen LogP contribution in [0.2, 0.25) is 0 Å². The Morgan fingerprint density at radius 2 is 2.08 bits per heavy atom. The molecule has 0 N–H and O–H groups in total. The molecule has 13 heavy (non-hydrogen) atoms. The Morgan fingerprint density at radius 3 is 2.54 bits per heavy atom. The lowest BCUT2D eigenvalue weighted by Gasteiger charge is -2.03. The zero-order valence-corrected chi connectivity index (χ0v) is 6.56. The lowest BCUT2D eigenvalue weighted by Crippen LogP contribution is -2.08. The van der Waals surface area contributed by atoms with Crippen LogP contribution in [0.3, 0.4) is 0 Å². The molecule has 0 radical (unpaired) electrons. The van der Waals surface area contributed by atoms with Crippen LogP contribution in [0.15, 0.2) is 6.26 Å². The second-order valence-corrected chi connectivity index (χ2v) is 2.19. The molecular weight excluding hydrogens is 189 g/mol. The SMILES string of the molecule is O=C=COC(=O)CCCC(F)(F)F. The van der Waals surface area contributed by atoms with Gasteiger partial charge in [0.1, 0.15) is 0 Å². The van der Waals surface area contributed by atoms with E-state index >= 15 is 0 Å². The molecule has 0 aliphatic heterocycles. The molecule has 0 amide bonds. The number of alkyl halides is 3. The molecule has 0 aromatic heterocycles. The number of rotatable bonds is 4. The first-order valence-electron chi connectivity index (χ1n) is 3.41. The van der Waals surface area contributed by atoms with Crippen molar-refractivity contribution in [1.29, 1.82) is 0 Å². The van der Waals surface area contributed by atoms with Crippen LogP contribution < -0.4 is 0 Å². The maximum absolute atomic E-state index is 11.5. The van der Waals surface area contributed by atoms with Crippen LogP contribution in [0.25, 0.3) is 0 Å². The third kappa shape index (κ3) is 8.62. The molecule has 0 rings (SSSR count). The zero-order valence-electron chi connectivity index (χ0n) is 6.56. The highest BCUT2D eigenvalue weighted by Crippen LogP contribution is 2.22. The van der Waals surface area contributed by atoms with E-state index in [9.17, 15) is 22.8 Å². The van der Waals surface area contributed by atoms with E-state index in [0.29, 0.717) is 6.26 Å². The zero-order chi connectivity index (χ0) is 10.3. The van der Waals surface area contributed by atoms with Gasteiger partial charge in [-0.25, -0.2) is 4.79 Å². The Kier molecular flexibility index (Phi) is 4.84. The highest BCUT2D eigenvalue weighted by atomic mass is 19.4. The second-order valence-electron chi connectivity index (χ2n) is 2.19. The predicted octanol–water partition coefficient (Wildman–Crippen LogP) is 1.61. The lowest BCUT2D eigenvalue weighted by molar-refractivity contribution is -0.143. The van der Waals surface area contributed by atoms with Crippen molar-refractivity contribution in [1.82, 2.24) is 0 Å². The molecule has 0 aliphatic rings. The molecule has 0 spiro atoms. The molecule has 0 heterocycles. The molecule has 0 saturated heterocycles. The molecule has 0 saturated carbocycles. The average molecular weight is 196 g/mol. The maximum Gasteiger partial charge on any atom is 0.389 e. The minimum Gasteiger partial charge on any atom is -0.422 e. The Bertz CT molecular complexity index is 216. The van der Waals surface area contributed by atoms with Gasteiger partial charge < -0.3 is 4.74 Å². The van der Waals surface area contributed by atoms with Crippen molar-refractivity contribution in [2.45, 2.75) is 25.4 Å². The van der Waals surface area contributed by atoms with Crippen molar-refractivity contribution >= 4 is 11.9 Å². The van der Waals surface area contributed by atoms with E-state index in [-0.39, 0.29) is 12.8 Å². The second kappa shape index (κ2) is 5.37. The molecule has 0 atom stereocenters. The normalized spacial score (nSPS) is 10.4. The van der Waals surface area contributed by atoms with Crippen LogP contribution in [0, 0.1) is 0 Å². The monoisotopic (exact) mass is 196 g/mol. The summed E-state index contributed by atoms with van der Waals surface area (Å²) in [6.07, 6.45) is -5.53. The number of hydrogen-bond donors (Lipinski definition) is 0. The van der Waals surface area contributed by atoms with Gasteiger partial charge in [-0.2, -0.15) is 13.2 Å². The van der Waals surface area contributed by atoms with Gasteiger partial charge in [-0.05, 0) is 6.42 Å². The number of carbonyl (C=O) groups is 1. The Hall–Kier alpha value is -1.29. The molecule has 0 aromatic carbocycles. The van der Waals surface area contributed by atoms with Crippen LogP contribution in [0.5, 0.6) is 0 Å². The van der Waals surface area contributed by atoms with Gasteiger partial charge in [0.2, 0.25) is 0 Å². The van der Waals surface area contributed by atoms with Gasteiger partial charge in [0.25, 0.3) is 0 Å². The first-order valence-corrected chi connectivity index (χ1v) is 3.41. The fraction of sp³-hybridized carbons (Fsp3) is 0.571. The van der Waals surface area contributed by atoms with Crippen molar-refractivity contribution in [2.24, 2.45) is 0 Å². The molecule has 0 aromatic rings. The first kappa shape index (κ1) is 11.7. The fourth-order valence-corrected chi connectivity index (χ4v) is 0.582. The van der Waals surface area contributed by atoms with Gasteiger partial charge in [-0.3, -0.25) is 4.79 Å². The summed E-state index contributed by atoms with van der Waals surface area (Å²) in [7, 11) is 0. The van der Waals surface area contributed by atoms with Crippen molar-refractivity contribution in [2.75, 3.05) is 0 Å². The first-order chi connectivity index (χ1) is 5.95. The van der Waals surface area contributed by atoms with E-state index < -0.39 is 18.6 Å². The quantitative estimate of drug-likeness (QED) is 0.389. The van der Waals surface area contributed by atoms with Crippen molar-refractivity contribution in [3.63, 3.8) is 0 Å². The summed E-state index contributed by atoms with van der Waals surface area (Å²) in [6.45, 7) is 0. The van der Waals surface area contributed by atoms with E-state index in [0.717, 1.165) is 5.94 Å². The molecule has 74 valence electrons. The maximum atomic E-state index is 11.5. The van der Waals surface area contributed by atoms with Crippen LogP contribution in [-0.4, -0.2) is 18.1 Å². The fourth-order valence-electron chi connectivity index (χ4n) is 0.582. The van der Waals surface area contributed by atoms with Crippen molar-refractivity contribution < 1.29 is 27.5 Å². The summed E-state index contributed by atoms with van der Waals surface area (Å²) in [5.74, 6) is 0.297. The number of ether oxygens (including phenoxy) is 1. The van der Waals surface area contributed by atoms with Crippen LogP contribution in [0.4, 0.5) is 13.2 Å². The smallest absolute Gasteiger partial charge is 0.389 e. The van der Waals surface area contributed by atoms with E-state index in [1.807, 2.05) is 0 Å². The molecule has 0 aliphatic carbocycles. The minimum absolute atomic E-state index is 0.338. The van der Waals surface area contributed by atoms with E-state index in [2.05, 4.69) is 4.74 Å². The van der Waals surface area contributed by atoms with Crippen LogP contribution in [0.1, 0.15) is 19.3 Å². The van der Waals surface area contributed by atoms with Crippen LogP contribution in [-0.2, 0) is 14.3 Å². The van der Waals surface area contributed by atoms with Crippen LogP contribution >= 0.6 is 0 Å². The third-order valence-electron chi connectivity index (χ3n) is 1.08. The Morgan fingerprint density at radius 1 is 1.46 bits per heavy atom. The van der Waals surface area contributed by atoms with Gasteiger partial charge in [-0.15, -0.1) is 0 Å². The predicted molar refractivity (Wildman–Crippen MR) is 36.3 cm³/mol. The Labute approximate surface area is 72.2 Å². The highest BCUT2D eigenvalue weighted by molar-refractivity contribution is 5.71. The number of hydrogen-bond acceptors (Lipinski definition) is 3. The highest BCUT2D eigenvalue weighted by Gasteiger charge is 2.26. The van der Waals surface area contributed by atoms with Gasteiger partial charge in [-0.1, -0.05) is 0 Å². The average Bonchev–Trinajstić information content (AvgIpc) is 1.98. The summed E-state index contributed by atoms with van der Waals surface area (Å²) in [5.41, 5.74) is 0. The number of halogens is 3. The van der Waals surface area contributed by atoms with E-state index in [4.69, 9.17) is 0 Å². The van der Waals surface area contributed by atoms with Crippen molar-refractivity contribution in [3.8, 4) is 0 Å². The lowest BCUT2D eigenvalue weighted by atomic mass is 10.2. The summed E-state index contributed by atoms with van der Waals surface area (Å²) >= 11 is 0. The topological polar surface area (TPSA) is 43.4 Å². The van der Waals surface area contributed by atoms with E-state index in [1.54, 1.807) is 0 Å². The molecule has 0 fully saturated rings. The molecular formula is C7H7F3O3.